The smallest absolute Gasteiger partial charge is 0.233 e. The highest BCUT2D eigenvalue weighted by Gasteiger charge is 2.04. The molecule has 0 spiro atoms. The summed E-state index contributed by atoms with van der Waals surface area (Å²) in [5.41, 5.74) is 0. The summed E-state index contributed by atoms with van der Waals surface area (Å²) in [6.45, 7) is 2.36. The van der Waals surface area contributed by atoms with E-state index in [1.807, 2.05) is 0 Å². The van der Waals surface area contributed by atoms with Crippen LogP contribution in [0.25, 0.3) is 0 Å². The third-order valence-electron chi connectivity index (χ3n) is 1.57. The van der Waals surface area contributed by atoms with Gasteiger partial charge in [-0.2, -0.15) is 0 Å². The van der Waals surface area contributed by atoms with Crippen LogP contribution in [0.2, 0.25) is 0 Å². The van der Waals surface area contributed by atoms with E-state index < -0.39 is 0 Å². The van der Waals surface area contributed by atoms with Gasteiger partial charge in [-0.3, -0.25) is 10.1 Å². The van der Waals surface area contributed by atoms with Crippen LogP contribution >= 0.6 is 0 Å². The highest BCUT2D eigenvalue weighted by atomic mass is 16.1. The molecular weight excluding hydrogens is 152 g/mol. The van der Waals surface area contributed by atoms with Gasteiger partial charge in [-0.1, -0.05) is 19.3 Å². The summed E-state index contributed by atoms with van der Waals surface area (Å²) >= 11 is 0. The maximum atomic E-state index is 10.8. The van der Waals surface area contributed by atoms with Crippen LogP contribution in [0, 0.1) is 12.3 Å². The van der Waals surface area contributed by atoms with Gasteiger partial charge in [-0.25, -0.2) is 0 Å². The summed E-state index contributed by atoms with van der Waals surface area (Å²) in [5, 5.41) is 5.49. The standard InChI is InChI=1S/C9H16N2O/c1-4-6-8(5-2)11-7-9(12)10-3/h2,8,11H,4,6-7H2,1,3H3,(H,10,12). The minimum absolute atomic E-state index is 0.0206. The van der Waals surface area contributed by atoms with Gasteiger partial charge in [0, 0.05) is 7.05 Å². The van der Waals surface area contributed by atoms with Crippen molar-refractivity contribution in [3.63, 3.8) is 0 Å². The Hall–Kier alpha value is -1.01. The molecule has 0 aromatic heterocycles. The van der Waals surface area contributed by atoms with Crippen LogP contribution in [0.3, 0.4) is 0 Å². The van der Waals surface area contributed by atoms with Gasteiger partial charge in [-0.05, 0) is 6.42 Å². The molecule has 0 aliphatic rings. The molecule has 2 N–H and O–H groups in total. The number of terminal acetylenes is 1. The van der Waals surface area contributed by atoms with E-state index in [2.05, 4.69) is 23.5 Å². The fourth-order valence-corrected chi connectivity index (χ4v) is 0.837. The molecule has 1 amide bonds. The fraction of sp³-hybridized carbons (Fsp3) is 0.667. The topological polar surface area (TPSA) is 41.1 Å². The van der Waals surface area contributed by atoms with Crippen molar-refractivity contribution in [2.45, 2.75) is 25.8 Å². The van der Waals surface area contributed by atoms with E-state index in [0.717, 1.165) is 12.8 Å². The van der Waals surface area contributed by atoms with Crippen LogP contribution in [-0.2, 0) is 4.79 Å². The lowest BCUT2D eigenvalue weighted by atomic mass is 10.2. The predicted molar refractivity (Wildman–Crippen MR) is 49.6 cm³/mol. The molecule has 3 nitrogen and oxygen atoms in total. The molecule has 0 heterocycles. The molecule has 0 aliphatic carbocycles. The van der Waals surface area contributed by atoms with Gasteiger partial charge in [0.2, 0.25) is 5.91 Å². The molecule has 1 atom stereocenters. The Morgan fingerprint density at radius 1 is 1.67 bits per heavy atom. The zero-order valence-electron chi connectivity index (χ0n) is 7.68. The van der Waals surface area contributed by atoms with E-state index >= 15 is 0 Å². The highest BCUT2D eigenvalue weighted by molar-refractivity contribution is 5.77. The third kappa shape index (κ3) is 4.75. The summed E-state index contributed by atoms with van der Waals surface area (Å²) in [4.78, 5) is 10.8. The Morgan fingerprint density at radius 2 is 2.33 bits per heavy atom. The molecule has 0 aromatic carbocycles. The first-order valence-electron chi connectivity index (χ1n) is 4.14. The molecule has 0 saturated heterocycles. The fourth-order valence-electron chi connectivity index (χ4n) is 0.837. The first-order chi connectivity index (χ1) is 5.74. The van der Waals surface area contributed by atoms with Gasteiger partial charge in [0.25, 0.3) is 0 Å². The number of rotatable bonds is 5. The third-order valence-corrected chi connectivity index (χ3v) is 1.57. The molecule has 0 bridgehead atoms. The molecule has 0 rings (SSSR count). The number of hydrogen-bond donors (Lipinski definition) is 2. The van der Waals surface area contributed by atoms with Crippen LogP contribution in [0.5, 0.6) is 0 Å². The molecule has 12 heavy (non-hydrogen) atoms. The second-order valence-corrected chi connectivity index (χ2v) is 2.56. The van der Waals surface area contributed by atoms with E-state index in [4.69, 9.17) is 6.42 Å². The Bertz CT molecular complexity index is 172. The number of likely N-dealkylation sites (N-methyl/N-ethyl adjacent to an activating group) is 1. The Labute approximate surface area is 73.9 Å². The normalized spacial score (nSPS) is 11.8. The molecule has 68 valence electrons. The van der Waals surface area contributed by atoms with Crippen molar-refractivity contribution in [2.75, 3.05) is 13.6 Å². The summed E-state index contributed by atoms with van der Waals surface area (Å²) in [6.07, 6.45) is 7.18. The van der Waals surface area contributed by atoms with E-state index in [1.165, 1.54) is 0 Å². The van der Waals surface area contributed by atoms with Crippen molar-refractivity contribution in [1.82, 2.24) is 10.6 Å². The van der Waals surface area contributed by atoms with Gasteiger partial charge in [0.15, 0.2) is 0 Å². The van der Waals surface area contributed by atoms with Crippen LogP contribution in [0.4, 0.5) is 0 Å². The number of carbonyl (C=O) groups is 1. The van der Waals surface area contributed by atoms with Crippen molar-refractivity contribution in [2.24, 2.45) is 0 Å². The minimum Gasteiger partial charge on any atom is -0.358 e. The lowest BCUT2D eigenvalue weighted by molar-refractivity contribution is -0.119. The molecule has 3 heteroatoms. The zero-order chi connectivity index (χ0) is 9.40. The number of carbonyl (C=O) groups excluding carboxylic acids is 1. The van der Waals surface area contributed by atoms with Crippen molar-refractivity contribution < 1.29 is 4.79 Å². The summed E-state index contributed by atoms with van der Waals surface area (Å²) in [5.74, 6) is 2.56. The van der Waals surface area contributed by atoms with Crippen molar-refractivity contribution >= 4 is 5.91 Å². The zero-order valence-corrected chi connectivity index (χ0v) is 7.68. The molecule has 1 unspecified atom stereocenters. The van der Waals surface area contributed by atoms with Gasteiger partial charge in [0.1, 0.15) is 0 Å². The van der Waals surface area contributed by atoms with Gasteiger partial charge in [-0.15, -0.1) is 6.42 Å². The van der Waals surface area contributed by atoms with Crippen LogP contribution in [-0.4, -0.2) is 25.5 Å². The Kier molecular flexibility index (Phi) is 6.12. The van der Waals surface area contributed by atoms with E-state index in [9.17, 15) is 4.79 Å². The summed E-state index contributed by atoms with van der Waals surface area (Å²) in [6, 6.07) is 0.0206. The minimum atomic E-state index is -0.0358. The Balaban J connectivity index is 3.59. The second kappa shape index (κ2) is 6.68. The largest absolute Gasteiger partial charge is 0.358 e. The average molecular weight is 168 g/mol. The highest BCUT2D eigenvalue weighted by Crippen LogP contribution is 1.93. The predicted octanol–water partition coefficient (Wildman–Crippen LogP) is 0.124. The van der Waals surface area contributed by atoms with Crippen molar-refractivity contribution in [3.8, 4) is 12.3 Å². The van der Waals surface area contributed by atoms with Crippen LogP contribution < -0.4 is 10.6 Å². The Morgan fingerprint density at radius 3 is 2.75 bits per heavy atom. The van der Waals surface area contributed by atoms with Crippen LogP contribution in [0.15, 0.2) is 0 Å². The quantitative estimate of drug-likeness (QED) is 0.573. The maximum Gasteiger partial charge on any atom is 0.233 e. The van der Waals surface area contributed by atoms with Crippen molar-refractivity contribution in [3.05, 3.63) is 0 Å². The number of amides is 1. The van der Waals surface area contributed by atoms with E-state index in [0.29, 0.717) is 6.54 Å². The SMILES string of the molecule is C#CC(CCC)NCC(=O)NC. The maximum absolute atomic E-state index is 10.8. The monoisotopic (exact) mass is 168 g/mol. The number of hydrogen-bond acceptors (Lipinski definition) is 2. The molecule has 0 aromatic rings. The molecule has 0 saturated carbocycles. The van der Waals surface area contributed by atoms with Gasteiger partial charge < -0.3 is 5.32 Å². The summed E-state index contributed by atoms with van der Waals surface area (Å²) in [7, 11) is 1.61. The first-order valence-corrected chi connectivity index (χ1v) is 4.14. The lowest BCUT2D eigenvalue weighted by Gasteiger charge is -2.10. The molecule has 0 radical (unpaired) electrons. The van der Waals surface area contributed by atoms with Crippen molar-refractivity contribution in [1.29, 1.82) is 0 Å². The van der Waals surface area contributed by atoms with Crippen LogP contribution in [0.1, 0.15) is 19.8 Å². The number of nitrogens with one attached hydrogen (secondary N) is 2. The molecular formula is C9H16N2O. The summed E-state index contributed by atoms with van der Waals surface area (Å²) < 4.78 is 0. The first kappa shape index (κ1) is 11.0. The van der Waals surface area contributed by atoms with Gasteiger partial charge >= 0.3 is 0 Å². The lowest BCUT2D eigenvalue weighted by Crippen LogP contribution is -2.37. The molecule has 0 fully saturated rings. The van der Waals surface area contributed by atoms with E-state index in [-0.39, 0.29) is 11.9 Å². The molecule has 0 aliphatic heterocycles. The second-order valence-electron chi connectivity index (χ2n) is 2.56. The van der Waals surface area contributed by atoms with E-state index in [1.54, 1.807) is 7.05 Å². The van der Waals surface area contributed by atoms with Gasteiger partial charge in [0.05, 0.1) is 12.6 Å². The average Bonchev–Trinajstić information content (AvgIpc) is 2.11.